The van der Waals surface area contributed by atoms with Gasteiger partial charge in [0, 0.05) is 11.3 Å². The molecule has 5 nitrogen and oxygen atoms in total. The molecule has 0 aliphatic carbocycles. The van der Waals surface area contributed by atoms with Crippen LogP contribution in [-0.2, 0) is 4.84 Å². The van der Waals surface area contributed by atoms with Gasteiger partial charge in [-0.2, -0.15) is 0 Å². The number of oxime groups is 1. The molecule has 0 amide bonds. The van der Waals surface area contributed by atoms with E-state index in [1.807, 2.05) is 31.2 Å². The van der Waals surface area contributed by atoms with Crippen LogP contribution in [0.4, 0.5) is 0 Å². The Hall–Kier alpha value is -2.00. The third kappa shape index (κ3) is 2.32. The van der Waals surface area contributed by atoms with Crippen LogP contribution in [0.5, 0.6) is 0 Å². The van der Waals surface area contributed by atoms with Gasteiger partial charge in [0.2, 0.25) is 0 Å². The second-order valence-corrected chi connectivity index (χ2v) is 3.75. The first-order chi connectivity index (χ1) is 7.79. The van der Waals surface area contributed by atoms with Gasteiger partial charge in [-0.1, -0.05) is 40.1 Å². The summed E-state index contributed by atoms with van der Waals surface area (Å²) in [5, 5.41) is 7.48. The molecule has 0 aromatic heterocycles. The number of azide groups is 1. The number of rotatable bonds is 3. The normalized spacial score (nSPS) is 18.6. The fraction of sp³-hybridized carbons (Fsp3) is 0.364. The summed E-state index contributed by atoms with van der Waals surface area (Å²) in [6.07, 6.45) is 0.578. The smallest absolute Gasteiger partial charge is 0.138 e. The summed E-state index contributed by atoms with van der Waals surface area (Å²) in [6.45, 7) is 2.37. The molecule has 2 rings (SSSR count). The van der Waals surface area contributed by atoms with Crippen molar-refractivity contribution < 1.29 is 4.84 Å². The molecule has 16 heavy (non-hydrogen) atoms. The van der Waals surface area contributed by atoms with Crippen LogP contribution in [-0.4, -0.2) is 18.4 Å². The molecule has 1 unspecified atom stereocenters. The van der Waals surface area contributed by atoms with Crippen LogP contribution in [0.3, 0.4) is 0 Å². The van der Waals surface area contributed by atoms with E-state index in [1.165, 1.54) is 5.56 Å². The summed E-state index contributed by atoms with van der Waals surface area (Å²) >= 11 is 0. The van der Waals surface area contributed by atoms with Crippen LogP contribution in [0.1, 0.15) is 17.5 Å². The molecule has 0 N–H and O–H groups in total. The van der Waals surface area contributed by atoms with E-state index in [1.54, 1.807) is 0 Å². The van der Waals surface area contributed by atoms with Gasteiger partial charge in [-0.25, -0.2) is 0 Å². The van der Waals surface area contributed by atoms with Gasteiger partial charge in [-0.05, 0) is 18.0 Å². The molecule has 1 aliphatic rings. The molecule has 0 saturated heterocycles. The Morgan fingerprint density at radius 3 is 2.94 bits per heavy atom. The van der Waals surface area contributed by atoms with Gasteiger partial charge in [0.25, 0.3) is 0 Å². The van der Waals surface area contributed by atoms with E-state index in [9.17, 15) is 0 Å². The minimum atomic E-state index is -0.118. The van der Waals surface area contributed by atoms with Crippen LogP contribution in [0.2, 0.25) is 0 Å². The van der Waals surface area contributed by atoms with E-state index in [0.717, 1.165) is 11.3 Å². The van der Waals surface area contributed by atoms with Crippen molar-refractivity contribution in [1.29, 1.82) is 0 Å². The van der Waals surface area contributed by atoms with Gasteiger partial charge in [-0.3, -0.25) is 0 Å². The predicted octanol–water partition coefficient (Wildman–Crippen LogP) is 2.80. The van der Waals surface area contributed by atoms with Crippen molar-refractivity contribution in [2.24, 2.45) is 10.3 Å². The molecule has 5 heteroatoms. The molecule has 0 radical (unpaired) electrons. The summed E-state index contributed by atoms with van der Waals surface area (Å²) in [6, 6.07) is 8.12. The largest absolute Gasteiger partial charge is 0.392 e. The predicted molar refractivity (Wildman–Crippen MR) is 61.2 cm³/mol. The maximum atomic E-state index is 8.21. The number of nitrogens with zero attached hydrogens (tertiary/aromatic N) is 4. The number of hydrogen-bond acceptors (Lipinski definition) is 3. The van der Waals surface area contributed by atoms with Crippen molar-refractivity contribution in [2.75, 3.05) is 6.54 Å². The lowest BCUT2D eigenvalue weighted by Gasteiger charge is -2.02. The maximum Gasteiger partial charge on any atom is 0.138 e. The topological polar surface area (TPSA) is 70.4 Å². The SMILES string of the molecule is Cc1ccc(C2=NOC(CN=[N+]=[N-])C2)cc1. The zero-order chi connectivity index (χ0) is 11.4. The average Bonchev–Trinajstić information content (AvgIpc) is 2.76. The molecule has 1 atom stereocenters. The minimum Gasteiger partial charge on any atom is -0.392 e. The molecule has 1 aromatic rings. The lowest BCUT2D eigenvalue weighted by Crippen LogP contribution is -2.11. The highest BCUT2D eigenvalue weighted by atomic mass is 16.6. The van der Waals surface area contributed by atoms with Gasteiger partial charge >= 0.3 is 0 Å². The standard InChI is InChI=1S/C11H12N4O/c1-8-2-4-9(5-3-8)11-6-10(16-14-11)7-13-15-12/h2-5,10H,6-7H2,1H3. The highest BCUT2D eigenvalue weighted by molar-refractivity contribution is 6.01. The molecule has 1 aromatic carbocycles. The molecule has 0 saturated carbocycles. The number of hydrogen-bond donors (Lipinski definition) is 0. The molecule has 0 spiro atoms. The van der Waals surface area contributed by atoms with Gasteiger partial charge in [-0.15, -0.1) is 0 Å². The minimum absolute atomic E-state index is 0.118. The summed E-state index contributed by atoms with van der Waals surface area (Å²) in [5.74, 6) is 0. The van der Waals surface area contributed by atoms with Crippen molar-refractivity contribution in [3.05, 3.63) is 45.8 Å². The molecule has 1 aliphatic heterocycles. The van der Waals surface area contributed by atoms with Gasteiger partial charge in [0.1, 0.15) is 6.10 Å². The van der Waals surface area contributed by atoms with Crippen LogP contribution < -0.4 is 0 Å². The second kappa shape index (κ2) is 4.68. The molecule has 0 bridgehead atoms. The Morgan fingerprint density at radius 2 is 2.25 bits per heavy atom. The molecular formula is C11H12N4O. The fourth-order valence-electron chi connectivity index (χ4n) is 1.57. The highest BCUT2D eigenvalue weighted by Crippen LogP contribution is 2.17. The monoisotopic (exact) mass is 216 g/mol. The Balaban J connectivity index is 2.02. The van der Waals surface area contributed by atoms with E-state index >= 15 is 0 Å². The molecule has 1 heterocycles. The zero-order valence-corrected chi connectivity index (χ0v) is 9.00. The highest BCUT2D eigenvalue weighted by Gasteiger charge is 2.21. The first-order valence-corrected chi connectivity index (χ1v) is 5.10. The van der Waals surface area contributed by atoms with Crippen LogP contribution in [0.25, 0.3) is 10.4 Å². The van der Waals surface area contributed by atoms with Crippen molar-refractivity contribution in [2.45, 2.75) is 19.4 Å². The molecule has 0 fully saturated rings. The van der Waals surface area contributed by atoms with E-state index in [2.05, 4.69) is 15.2 Å². The van der Waals surface area contributed by atoms with Crippen molar-refractivity contribution in [3.8, 4) is 0 Å². The van der Waals surface area contributed by atoms with Crippen LogP contribution in [0.15, 0.2) is 34.5 Å². The van der Waals surface area contributed by atoms with E-state index < -0.39 is 0 Å². The Labute approximate surface area is 93.3 Å². The summed E-state index contributed by atoms with van der Waals surface area (Å²) in [4.78, 5) is 7.88. The lowest BCUT2D eigenvalue weighted by molar-refractivity contribution is 0.0919. The Kier molecular flexibility index (Phi) is 3.08. The summed E-state index contributed by atoms with van der Waals surface area (Å²) in [7, 11) is 0. The van der Waals surface area contributed by atoms with Crippen LogP contribution in [0, 0.1) is 6.92 Å². The van der Waals surface area contributed by atoms with Crippen molar-refractivity contribution >= 4 is 5.71 Å². The first kappa shape index (κ1) is 10.5. The maximum absolute atomic E-state index is 8.21. The second-order valence-electron chi connectivity index (χ2n) is 3.75. The van der Waals surface area contributed by atoms with E-state index in [4.69, 9.17) is 10.4 Å². The average molecular weight is 216 g/mol. The van der Waals surface area contributed by atoms with Crippen molar-refractivity contribution in [3.63, 3.8) is 0 Å². The Morgan fingerprint density at radius 1 is 1.50 bits per heavy atom. The van der Waals surface area contributed by atoms with Gasteiger partial charge < -0.3 is 4.84 Å². The lowest BCUT2D eigenvalue weighted by atomic mass is 10.0. The number of aryl methyl sites for hydroxylation is 1. The summed E-state index contributed by atoms with van der Waals surface area (Å²) < 4.78 is 0. The summed E-state index contributed by atoms with van der Waals surface area (Å²) in [5.41, 5.74) is 11.4. The van der Waals surface area contributed by atoms with Gasteiger partial charge in [0.15, 0.2) is 0 Å². The number of benzene rings is 1. The molecular weight excluding hydrogens is 204 g/mol. The van der Waals surface area contributed by atoms with E-state index in [-0.39, 0.29) is 6.10 Å². The molecule has 82 valence electrons. The van der Waals surface area contributed by atoms with Gasteiger partial charge in [0.05, 0.1) is 12.3 Å². The van der Waals surface area contributed by atoms with Crippen molar-refractivity contribution in [1.82, 2.24) is 0 Å². The van der Waals surface area contributed by atoms with E-state index in [0.29, 0.717) is 13.0 Å². The first-order valence-electron chi connectivity index (χ1n) is 5.10. The Bertz CT molecular complexity index is 446. The fourth-order valence-corrected chi connectivity index (χ4v) is 1.57. The third-order valence-corrected chi connectivity index (χ3v) is 2.47. The quantitative estimate of drug-likeness (QED) is 0.435. The third-order valence-electron chi connectivity index (χ3n) is 2.47. The zero-order valence-electron chi connectivity index (χ0n) is 9.00. The van der Waals surface area contributed by atoms with Crippen LogP contribution >= 0.6 is 0 Å².